The van der Waals surface area contributed by atoms with Gasteiger partial charge < -0.3 is 20.8 Å². The number of nitrogens with two attached hydrogens (primary N) is 2. The number of non-ortho nitro benzene ring substituents is 1. The maximum Gasteiger partial charge on any atom is 0.271 e. The Morgan fingerprint density at radius 2 is 2.18 bits per heavy atom. The number of nitro groups is 1. The minimum atomic E-state index is -0.473. The Labute approximate surface area is 125 Å². The summed E-state index contributed by atoms with van der Waals surface area (Å²) in [5.74, 6) is 0.320. The maximum absolute atomic E-state index is 10.9. The average molecular weight is 302 g/mol. The van der Waals surface area contributed by atoms with Gasteiger partial charge in [-0.1, -0.05) is 0 Å². The van der Waals surface area contributed by atoms with Crippen LogP contribution in [-0.2, 0) is 0 Å². The third-order valence-corrected chi connectivity index (χ3v) is 2.78. The normalized spacial score (nSPS) is 10.6. The molecule has 2 rings (SSSR count). The fourth-order valence-corrected chi connectivity index (χ4v) is 1.85. The molecule has 0 saturated carbocycles. The molecule has 0 atom stereocenters. The van der Waals surface area contributed by atoms with Crippen molar-refractivity contribution in [3.05, 3.63) is 52.3 Å². The Morgan fingerprint density at radius 3 is 2.82 bits per heavy atom. The van der Waals surface area contributed by atoms with E-state index in [1.807, 2.05) is 0 Å². The van der Waals surface area contributed by atoms with Gasteiger partial charge in [-0.2, -0.15) is 5.10 Å². The summed E-state index contributed by atoms with van der Waals surface area (Å²) in [6.45, 7) is 0. The van der Waals surface area contributed by atoms with Gasteiger partial charge in [-0.05, 0) is 18.2 Å². The van der Waals surface area contributed by atoms with E-state index in [1.54, 1.807) is 22.9 Å². The topological polar surface area (TPSA) is 134 Å². The van der Waals surface area contributed by atoms with Gasteiger partial charge in [-0.25, -0.2) is 0 Å². The van der Waals surface area contributed by atoms with Crippen LogP contribution >= 0.6 is 0 Å². The molecule has 0 saturated heterocycles. The van der Waals surface area contributed by atoms with E-state index in [0.29, 0.717) is 17.1 Å². The molecule has 0 spiro atoms. The Hall–Kier alpha value is -3.36. The van der Waals surface area contributed by atoms with E-state index in [4.69, 9.17) is 16.2 Å². The molecule has 0 bridgehead atoms. The summed E-state index contributed by atoms with van der Waals surface area (Å²) in [6.07, 6.45) is 3.15. The quantitative estimate of drug-likeness (QED) is 0.368. The van der Waals surface area contributed by atoms with Gasteiger partial charge in [0.15, 0.2) is 0 Å². The summed E-state index contributed by atoms with van der Waals surface area (Å²) < 4.78 is 6.92. The molecule has 0 aliphatic rings. The van der Waals surface area contributed by atoms with Crippen LogP contribution in [-0.4, -0.2) is 28.8 Å². The number of ether oxygens (including phenoxy) is 1. The van der Waals surface area contributed by atoms with Gasteiger partial charge in [0.05, 0.1) is 29.6 Å². The van der Waals surface area contributed by atoms with Crippen molar-refractivity contribution in [1.82, 2.24) is 4.57 Å². The lowest BCUT2D eigenvalue weighted by atomic mass is 10.2. The van der Waals surface area contributed by atoms with Crippen LogP contribution in [0.25, 0.3) is 5.69 Å². The first-order valence-electron chi connectivity index (χ1n) is 6.15. The molecule has 0 radical (unpaired) electrons. The summed E-state index contributed by atoms with van der Waals surface area (Å²) in [5.41, 5.74) is 11.5. The highest BCUT2D eigenvalue weighted by atomic mass is 16.6. The van der Waals surface area contributed by atoms with Crippen LogP contribution in [0.5, 0.6) is 5.75 Å². The van der Waals surface area contributed by atoms with Crippen LogP contribution in [0, 0.1) is 10.1 Å². The summed E-state index contributed by atoms with van der Waals surface area (Å²) in [7, 11) is 1.49. The molecule has 1 heterocycles. The van der Waals surface area contributed by atoms with Gasteiger partial charge in [0.1, 0.15) is 5.75 Å². The van der Waals surface area contributed by atoms with Crippen molar-refractivity contribution in [3.63, 3.8) is 0 Å². The van der Waals surface area contributed by atoms with Crippen molar-refractivity contribution in [2.24, 2.45) is 21.7 Å². The number of aromatic nitrogens is 1. The Balaban J connectivity index is 2.50. The molecule has 0 aliphatic carbocycles. The fourth-order valence-electron chi connectivity index (χ4n) is 1.85. The molecular weight excluding hydrogens is 288 g/mol. The predicted molar refractivity (Wildman–Crippen MR) is 82.4 cm³/mol. The Kier molecular flexibility index (Phi) is 4.37. The summed E-state index contributed by atoms with van der Waals surface area (Å²) >= 11 is 0. The minimum Gasteiger partial charge on any atom is -0.495 e. The Bertz CT molecular complexity index is 746. The molecule has 9 heteroatoms. The third kappa shape index (κ3) is 3.20. The van der Waals surface area contributed by atoms with E-state index in [-0.39, 0.29) is 11.6 Å². The van der Waals surface area contributed by atoms with Crippen molar-refractivity contribution in [2.45, 2.75) is 0 Å². The van der Waals surface area contributed by atoms with Crippen LogP contribution in [0.15, 0.2) is 46.7 Å². The van der Waals surface area contributed by atoms with E-state index in [9.17, 15) is 10.1 Å². The zero-order valence-corrected chi connectivity index (χ0v) is 11.7. The highest BCUT2D eigenvalue weighted by molar-refractivity contribution is 5.81. The van der Waals surface area contributed by atoms with Crippen molar-refractivity contribution < 1.29 is 9.66 Å². The molecule has 0 amide bonds. The van der Waals surface area contributed by atoms with Gasteiger partial charge in [0, 0.05) is 18.3 Å². The number of guanidine groups is 1. The standard InChI is InChI=1S/C13H14N6O3/c1-22-12-5-4-9(19(20)21)7-11(12)18-6-2-3-10(18)8-16-17-13(14)15/h2-8H,1H3,(H4,14,15,17)/b16-8+. The molecular formula is C13H14N6O3. The van der Waals surface area contributed by atoms with E-state index in [1.165, 1.54) is 31.5 Å². The second-order valence-corrected chi connectivity index (χ2v) is 4.19. The lowest BCUT2D eigenvalue weighted by Gasteiger charge is -2.11. The van der Waals surface area contributed by atoms with Crippen LogP contribution in [0.1, 0.15) is 5.69 Å². The first-order valence-corrected chi connectivity index (χ1v) is 6.15. The highest BCUT2D eigenvalue weighted by Gasteiger charge is 2.14. The van der Waals surface area contributed by atoms with Gasteiger partial charge in [0.25, 0.3) is 5.69 Å². The maximum atomic E-state index is 10.9. The molecule has 114 valence electrons. The Morgan fingerprint density at radius 1 is 1.41 bits per heavy atom. The second-order valence-electron chi connectivity index (χ2n) is 4.19. The number of nitrogens with zero attached hydrogens (tertiary/aromatic N) is 4. The lowest BCUT2D eigenvalue weighted by molar-refractivity contribution is -0.384. The summed E-state index contributed by atoms with van der Waals surface area (Å²) in [4.78, 5) is 10.5. The van der Waals surface area contributed by atoms with Crippen LogP contribution in [0.3, 0.4) is 0 Å². The minimum absolute atomic E-state index is 0.0448. The number of methoxy groups -OCH3 is 1. The van der Waals surface area contributed by atoms with Crippen LogP contribution in [0.4, 0.5) is 5.69 Å². The fraction of sp³-hybridized carbons (Fsp3) is 0.0769. The van der Waals surface area contributed by atoms with Crippen molar-refractivity contribution in [2.75, 3.05) is 7.11 Å². The van der Waals surface area contributed by atoms with E-state index in [2.05, 4.69) is 10.2 Å². The molecule has 0 unspecified atom stereocenters. The largest absolute Gasteiger partial charge is 0.495 e. The lowest BCUT2D eigenvalue weighted by Crippen LogP contribution is -2.21. The first-order chi connectivity index (χ1) is 10.5. The van der Waals surface area contributed by atoms with Gasteiger partial charge in [-0.3, -0.25) is 10.1 Å². The highest BCUT2D eigenvalue weighted by Crippen LogP contribution is 2.28. The van der Waals surface area contributed by atoms with Gasteiger partial charge in [-0.15, -0.1) is 5.10 Å². The smallest absolute Gasteiger partial charge is 0.271 e. The van der Waals surface area contributed by atoms with Crippen molar-refractivity contribution in [1.29, 1.82) is 0 Å². The number of hydrogen-bond donors (Lipinski definition) is 2. The van der Waals surface area contributed by atoms with E-state index < -0.39 is 4.92 Å². The monoisotopic (exact) mass is 302 g/mol. The number of nitro benzene ring substituents is 1. The predicted octanol–water partition coefficient (Wildman–Crippen LogP) is 1.00. The zero-order chi connectivity index (χ0) is 16.1. The summed E-state index contributed by atoms with van der Waals surface area (Å²) in [6, 6.07) is 7.83. The van der Waals surface area contributed by atoms with Crippen molar-refractivity contribution >= 4 is 17.9 Å². The van der Waals surface area contributed by atoms with Gasteiger partial charge >= 0.3 is 0 Å². The molecule has 0 fully saturated rings. The van der Waals surface area contributed by atoms with Gasteiger partial charge in [0.2, 0.25) is 5.96 Å². The SMILES string of the molecule is COc1ccc([N+](=O)[O-])cc1-n1cccc1/C=N/N=C(N)N. The molecule has 9 nitrogen and oxygen atoms in total. The van der Waals surface area contributed by atoms with E-state index in [0.717, 1.165) is 0 Å². The molecule has 1 aromatic heterocycles. The number of benzene rings is 1. The molecule has 4 N–H and O–H groups in total. The molecule has 2 aromatic rings. The zero-order valence-electron chi connectivity index (χ0n) is 11.7. The van der Waals surface area contributed by atoms with Crippen molar-refractivity contribution in [3.8, 4) is 11.4 Å². The number of rotatable bonds is 5. The van der Waals surface area contributed by atoms with Crippen LogP contribution < -0.4 is 16.2 Å². The molecule has 1 aromatic carbocycles. The molecule has 22 heavy (non-hydrogen) atoms. The van der Waals surface area contributed by atoms with E-state index >= 15 is 0 Å². The first kappa shape index (κ1) is 15.0. The average Bonchev–Trinajstić information content (AvgIpc) is 2.94. The number of hydrogen-bond acceptors (Lipinski definition) is 5. The summed E-state index contributed by atoms with van der Waals surface area (Å²) in [5, 5.41) is 18.2. The third-order valence-electron chi connectivity index (χ3n) is 2.78. The second kappa shape index (κ2) is 6.39. The van der Waals surface area contributed by atoms with Crippen LogP contribution in [0.2, 0.25) is 0 Å². The molecule has 0 aliphatic heterocycles.